The maximum absolute atomic E-state index is 10.7. The van der Waals surface area contributed by atoms with Crippen LogP contribution in [0.3, 0.4) is 0 Å². The van der Waals surface area contributed by atoms with Crippen LogP contribution in [0.4, 0.5) is 11.4 Å². The van der Waals surface area contributed by atoms with E-state index in [2.05, 4.69) is 5.32 Å². The highest BCUT2D eigenvalue weighted by molar-refractivity contribution is 5.53. The third-order valence-electron chi connectivity index (χ3n) is 3.39. The van der Waals surface area contributed by atoms with Crippen LogP contribution in [-0.2, 0) is 0 Å². The van der Waals surface area contributed by atoms with Gasteiger partial charge in [-0.1, -0.05) is 30.3 Å². The lowest BCUT2D eigenvalue weighted by Gasteiger charge is -2.19. The minimum Gasteiger partial charge on any atom is -0.389 e. The second kappa shape index (κ2) is 6.37. The average Bonchev–Trinajstić information content (AvgIpc) is 2.47. The summed E-state index contributed by atoms with van der Waals surface area (Å²) in [7, 11) is 0. The SMILES string of the molecule is CC(Nc1ccccc1[C@H](C)O)c1ccc([N+](=O)[O-])cc1. The van der Waals surface area contributed by atoms with Crippen molar-refractivity contribution in [3.05, 3.63) is 69.8 Å². The molecule has 0 saturated heterocycles. The second-order valence-corrected chi connectivity index (χ2v) is 4.98. The first kappa shape index (κ1) is 15.0. The molecule has 0 spiro atoms. The van der Waals surface area contributed by atoms with Crippen molar-refractivity contribution in [3.63, 3.8) is 0 Å². The molecule has 0 bridgehead atoms. The number of nitrogens with zero attached hydrogens (tertiary/aromatic N) is 1. The maximum atomic E-state index is 10.7. The lowest BCUT2D eigenvalue weighted by atomic mass is 10.0. The Balaban J connectivity index is 2.18. The highest BCUT2D eigenvalue weighted by Gasteiger charge is 2.12. The summed E-state index contributed by atoms with van der Waals surface area (Å²) < 4.78 is 0. The molecule has 0 amide bonds. The molecule has 5 nitrogen and oxygen atoms in total. The quantitative estimate of drug-likeness (QED) is 0.647. The van der Waals surface area contributed by atoms with E-state index in [1.165, 1.54) is 12.1 Å². The van der Waals surface area contributed by atoms with Crippen LogP contribution < -0.4 is 5.32 Å². The molecule has 0 aliphatic rings. The summed E-state index contributed by atoms with van der Waals surface area (Å²) in [4.78, 5) is 10.2. The van der Waals surface area contributed by atoms with Crippen molar-refractivity contribution >= 4 is 11.4 Å². The highest BCUT2D eigenvalue weighted by atomic mass is 16.6. The van der Waals surface area contributed by atoms with E-state index in [-0.39, 0.29) is 11.7 Å². The molecule has 0 saturated carbocycles. The van der Waals surface area contributed by atoms with Gasteiger partial charge in [0.15, 0.2) is 0 Å². The van der Waals surface area contributed by atoms with Crippen molar-refractivity contribution in [2.45, 2.75) is 26.0 Å². The van der Waals surface area contributed by atoms with E-state index < -0.39 is 11.0 Å². The summed E-state index contributed by atoms with van der Waals surface area (Å²) in [6.45, 7) is 3.69. The molecular weight excluding hydrogens is 268 g/mol. The summed E-state index contributed by atoms with van der Waals surface area (Å²) in [5.74, 6) is 0. The molecule has 0 aliphatic heterocycles. The normalized spacial score (nSPS) is 13.5. The summed E-state index contributed by atoms with van der Waals surface area (Å²) in [6, 6.07) is 14.0. The molecule has 0 aromatic heterocycles. The zero-order chi connectivity index (χ0) is 15.4. The van der Waals surface area contributed by atoms with E-state index in [9.17, 15) is 15.2 Å². The third kappa shape index (κ3) is 3.58. The van der Waals surface area contributed by atoms with Crippen molar-refractivity contribution in [2.75, 3.05) is 5.32 Å². The van der Waals surface area contributed by atoms with Crippen molar-refractivity contribution in [3.8, 4) is 0 Å². The number of nitrogens with one attached hydrogen (secondary N) is 1. The molecule has 2 N–H and O–H groups in total. The van der Waals surface area contributed by atoms with Gasteiger partial charge in [-0.15, -0.1) is 0 Å². The van der Waals surface area contributed by atoms with Crippen LogP contribution in [0.2, 0.25) is 0 Å². The number of rotatable bonds is 5. The predicted octanol–water partition coefficient (Wildman–Crippen LogP) is 3.82. The van der Waals surface area contributed by atoms with Gasteiger partial charge in [0, 0.05) is 29.4 Å². The summed E-state index contributed by atoms with van der Waals surface area (Å²) >= 11 is 0. The fraction of sp³-hybridized carbons (Fsp3) is 0.250. The average molecular weight is 286 g/mol. The van der Waals surface area contributed by atoms with Crippen molar-refractivity contribution in [2.24, 2.45) is 0 Å². The zero-order valence-corrected chi connectivity index (χ0v) is 12.0. The first-order chi connectivity index (χ1) is 9.99. The molecule has 2 atom stereocenters. The predicted molar refractivity (Wildman–Crippen MR) is 82.2 cm³/mol. The molecule has 2 aromatic rings. The molecule has 2 rings (SSSR count). The first-order valence-electron chi connectivity index (χ1n) is 6.77. The van der Waals surface area contributed by atoms with E-state index >= 15 is 0 Å². The van der Waals surface area contributed by atoms with Crippen LogP contribution in [0.5, 0.6) is 0 Å². The Morgan fingerprint density at radius 1 is 1.10 bits per heavy atom. The Labute approximate surface area is 123 Å². The van der Waals surface area contributed by atoms with Gasteiger partial charge in [0.1, 0.15) is 0 Å². The molecule has 110 valence electrons. The van der Waals surface area contributed by atoms with Gasteiger partial charge in [0.2, 0.25) is 0 Å². The van der Waals surface area contributed by atoms with Gasteiger partial charge in [-0.25, -0.2) is 0 Å². The Hall–Kier alpha value is -2.40. The number of non-ortho nitro benzene ring substituents is 1. The van der Waals surface area contributed by atoms with Crippen molar-refractivity contribution < 1.29 is 10.0 Å². The summed E-state index contributed by atoms with van der Waals surface area (Å²) in [5.41, 5.74) is 2.71. The number of aliphatic hydroxyl groups is 1. The van der Waals surface area contributed by atoms with E-state index in [1.807, 2.05) is 31.2 Å². The monoisotopic (exact) mass is 286 g/mol. The molecule has 0 heterocycles. The maximum Gasteiger partial charge on any atom is 0.269 e. The Morgan fingerprint density at radius 2 is 1.71 bits per heavy atom. The number of hydrogen-bond donors (Lipinski definition) is 2. The first-order valence-corrected chi connectivity index (χ1v) is 6.77. The van der Waals surface area contributed by atoms with Crippen LogP contribution >= 0.6 is 0 Å². The summed E-state index contributed by atoms with van der Waals surface area (Å²) in [6.07, 6.45) is -0.558. The highest BCUT2D eigenvalue weighted by Crippen LogP contribution is 2.27. The second-order valence-electron chi connectivity index (χ2n) is 4.98. The lowest BCUT2D eigenvalue weighted by molar-refractivity contribution is -0.384. The van der Waals surface area contributed by atoms with Crippen molar-refractivity contribution in [1.29, 1.82) is 0 Å². The van der Waals surface area contributed by atoms with Crippen molar-refractivity contribution in [1.82, 2.24) is 0 Å². The number of nitro groups is 1. The summed E-state index contributed by atoms with van der Waals surface area (Å²) in [5, 5.41) is 23.8. The van der Waals surface area contributed by atoms with E-state index in [1.54, 1.807) is 19.1 Å². The van der Waals surface area contributed by atoms with Crippen LogP contribution in [0.1, 0.15) is 37.1 Å². The number of para-hydroxylation sites is 1. The van der Waals surface area contributed by atoms with Gasteiger partial charge in [0.25, 0.3) is 5.69 Å². The minimum atomic E-state index is -0.558. The van der Waals surface area contributed by atoms with Gasteiger partial charge in [-0.05, 0) is 25.5 Å². The molecule has 0 radical (unpaired) electrons. The Morgan fingerprint density at radius 3 is 2.29 bits per heavy atom. The van der Waals surface area contributed by atoms with E-state index in [0.29, 0.717) is 0 Å². The number of benzene rings is 2. The topological polar surface area (TPSA) is 75.4 Å². The molecule has 1 unspecified atom stereocenters. The van der Waals surface area contributed by atoms with Gasteiger partial charge >= 0.3 is 0 Å². The standard InChI is InChI=1S/C16H18N2O3/c1-11(13-7-9-14(10-8-13)18(20)21)17-16-6-4-3-5-15(16)12(2)19/h3-12,17,19H,1-2H3/t11?,12-/m0/s1. The van der Waals surface area contributed by atoms with Crippen LogP contribution in [0, 0.1) is 10.1 Å². The van der Waals surface area contributed by atoms with Crippen LogP contribution in [0.25, 0.3) is 0 Å². The fourth-order valence-corrected chi connectivity index (χ4v) is 2.19. The molecule has 5 heteroatoms. The largest absolute Gasteiger partial charge is 0.389 e. The smallest absolute Gasteiger partial charge is 0.269 e. The van der Waals surface area contributed by atoms with Crippen LogP contribution in [-0.4, -0.2) is 10.0 Å². The van der Waals surface area contributed by atoms with Gasteiger partial charge in [-0.2, -0.15) is 0 Å². The number of nitro benzene ring substituents is 1. The van der Waals surface area contributed by atoms with Gasteiger partial charge in [0.05, 0.1) is 11.0 Å². The van der Waals surface area contributed by atoms with E-state index in [4.69, 9.17) is 0 Å². The minimum absolute atomic E-state index is 0.0225. The van der Waals surface area contributed by atoms with Gasteiger partial charge < -0.3 is 10.4 Å². The zero-order valence-electron chi connectivity index (χ0n) is 12.0. The fourth-order valence-electron chi connectivity index (χ4n) is 2.19. The molecular formula is C16H18N2O3. The Bertz CT molecular complexity index is 624. The van der Waals surface area contributed by atoms with Crippen LogP contribution in [0.15, 0.2) is 48.5 Å². The third-order valence-corrected chi connectivity index (χ3v) is 3.39. The Kier molecular flexibility index (Phi) is 4.55. The number of hydrogen-bond acceptors (Lipinski definition) is 4. The molecule has 0 aliphatic carbocycles. The molecule has 2 aromatic carbocycles. The van der Waals surface area contributed by atoms with Gasteiger partial charge in [-0.3, -0.25) is 10.1 Å². The van der Waals surface area contributed by atoms with E-state index in [0.717, 1.165) is 16.8 Å². The lowest BCUT2D eigenvalue weighted by Crippen LogP contribution is -2.09. The molecule has 0 fully saturated rings. The number of anilines is 1. The molecule has 21 heavy (non-hydrogen) atoms. The number of aliphatic hydroxyl groups excluding tert-OH is 1.